The summed E-state index contributed by atoms with van der Waals surface area (Å²) in [6, 6.07) is 8.53. The number of halogens is 2. The minimum Gasteiger partial charge on any atom is -0.496 e. The van der Waals surface area contributed by atoms with Gasteiger partial charge in [0.15, 0.2) is 0 Å². The lowest BCUT2D eigenvalue weighted by molar-refractivity contribution is -0.115. The Bertz CT molecular complexity index is 780. The second kappa shape index (κ2) is 7.20. The Morgan fingerprint density at radius 3 is 3.00 bits per heavy atom. The number of nitrogens with one attached hydrogen (secondary N) is 2. The number of fused-ring (bicyclic) bond motifs is 1. The van der Waals surface area contributed by atoms with Gasteiger partial charge in [-0.15, -0.1) is 0 Å². The minimum absolute atomic E-state index is 0.0574. The molecule has 0 spiro atoms. The van der Waals surface area contributed by atoms with Gasteiger partial charge in [-0.05, 0) is 48.4 Å². The molecule has 3 rings (SSSR count). The minimum atomic E-state index is -0.347. The van der Waals surface area contributed by atoms with E-state index in [0.717, 1.165) is 12.1 Å². The number of carbonyl (C=O) groups excluding carboxylic acids is 1. The zero-order valence-electron chi connectivity index (χ0n) is 13.3. The maximum Gasteiger partial charge on any atom is 0.229 e. The van der Waals surface area contributed by atoms with Crippen LogP contribution in [0.1, 0.15) is 16.7 Å². The van der Waals surface area contributed by atoms with Gasteiger partial charge in [0.2, 0.25) is 5.91 Å². The van der Waals surface area contributed by atoms with Gasteiger partial charge in [-0.1, -0.05) is 17.7 Å². The molecule has 2 aromatic carbocycles. The van der Waals surface area contributed by atoms with Gasteiger partial charge in [0.1, 0.15) is 11.6 Å². The summed E-state index contributed by atoms with van der Waals surface area (Å²) >= 11 is 5.97. The van der Waals surface area contributed by atoms with Crippen LogP contribution >= 0.6 is 11.6 Å². The third-order valence-electron chi connectivity index (χ3n) is 4.07. The number of anilines is 1. The Morgan fingerprint density at radius 2 is 2.21 bits per heavy atom. The molecular weight excluding hydrogens is 331 g/mol. The summed E-state index contributed by atoms with van der Waals surface area (Å²) in [7, 11) is 1.53. The van der Waals surface area contributed by atoms with Gasteiger partial charge in [-0.25, -0.2) is 4.39 Å². The monoisotopic (exact) mass is 348 g/mol. The molecule has 0 bridgehead atoms. The summed E-state index contributed by atoms with van der Waals surface area (Å²) in [4.78, 5) is 12.3. The first kappa shape index (κ1) is 16.7. The molecule has 0 unspecified atom stereocenters. The molecule has 2 N–H and O–H groups in total. The van der Waals surface area contributed by atoms with Crippen molar-refractivity contribution in [3.8, 4) is 5.75 Å². The molecular formula is C18H18ClFN2O2. The molecule has 1 amide bonds. The lowest BCUT2D eigenvalue weighted by Gasteiger charge is -2.19. The van der Waals surface area contributed by atoms with E-state index in [0.29, 0.717) is 34.9 Å². The van der Waals surface area contributed by atoms with E-state index in [4.69, 9.17) is 16.3 Å². The predicted octanol–water partition coefficient (Wildman–Crippen LogP) is 3.31. The van der Waals surface area contributed by atoms with Crippen LogP contribution in [0.3, 0.4) is 0 Å². The third-order valence-corrected chi connectivity index (χ3v) is 4.31. The van der Waals surface area contributed by atoms with Crippen LogP contribution in [0, 0.1) is 5.82 Å². The van der Waals surface area contributed by atoms with E-state index in [2.05, 4.69) is 10.6 Å². The van der Waals surface area contributed by atoms with Gasteiger partial charge in [-0.3, -0.25) is 4.79 Å². The molecule has 24 heavy (non-hydrogen) atoms. The quantitative estimate of drug-likeness (QED) is 0.891. The summed E-state index contributed by atoms with van der Waals surface area (Å²) in [6.07, 6.45) is 0.675. The van der Waals surface area contributed by atoms with Crippen molar-refractivity contribution in [2.75, 3.05) is 19.0 Å². The summed E-state index contributed by atoms with van der Waals surface area (Å²) in [5.74, 6) is -0.0877. The van der Waals surface area contributed by atoms with E-state index in [9.17, 15) is 9.18 Å². The van der Waals surface area contributed by atoms with Crippen LogP contribution in [-0.4, -0.2) is 19.6 Å². The van der Waals surface area contributed by atoms with E-state index in [1.165, 1.54) is 7.11 Å². The topological polar surface area (TPSA) is 50.4 Å². The van der Waals surface area contributed by atoms with Crippen LogP contribution in [0.15, 0.2) is 30.3 Å². The highest BCUT2D eigenvalue weighted by atomic mass is 35.5. The first-order valence-corrected chi connectivity index (χ1v) is 8.09. The molecule has 0 atom stereocenters. The van der Waals surface area contributed by atoms with Crippen molar-refractivity contribution in [3.05, 3.63) is 57.9 Å². The summed E-state index contributed by atoms with van der Waals surface area (Å²) < 4.78 is 19.8. The van der Waals surface area contributed by atoms with Crippen molar-refractivity contribution in [1.29, 1.82) is 0 Å². The van der Waals surface area contributed by atoms with Crippen molar-refractivity contribution in [1.82, 2.24) is 5.32 Å². The van der Waals surface area contributed by atoms with Crippen LogP contribution < -0.4 is 15.4 Å². The lowest BCUT2D eigenvalue weighted by Crippen LogP contribution is -2.25. The molecule has 0 radical (unpaired) electrons. The summed E-state index contributed by atoms with van der Waals surface area (Å²) in [5, 5.41) is 6.36. The molecule has 0 aliphatic carbocycles. The Hall–Kier alpha value is -2.11. The molecule has 0 saturated carbocycles. The van der Waals surface area contributed by atoms with E-state index in [1.54, 1.807) is 24.3 Å². The SMILES string of the molecule is COc1ccc(Cl)cc1CC(=O)Nc1ccc2c(c1F)CCNC2. The fourth-order valence-electron chi connectivity index (χ4n) is 2.88. The van der Waals surface area contributed by atoms with Crippen LogP contribution in [0.4, 0.5) is 10.1 Å². The van der Waals surface area contributed by atoms with E-state index in [1.807, 2.05) is 6.07 Å². The van der Waals surface area contributed by atoms with E-state index < -0.39 is 0 Å². The van der Waals surface area contributed by atoms with Crippen LogP contribution in [0.2, 0.25) is 5.02 Å². The van der Waals surface area contributed by atoms with Crippen molar-refractivity contribution >= 4 is 23.2 Å². The average molecular weight is 349 g/mol. The number of amides is 1. The molecule has 4 nitrogen and oxygen atoms in total. The molecule has 1 heterocycles. The Labute approximate surface area is 145 Å². The Balaban J connectivity index is 1.77. The van der Waals surface area contributed by atoms with Gasteiger partial charge < -0.3 is 15.4 Å². The first-order chi connectivity index (χ1) is 11.6. The van der Waals surface area contributed by atoms with E-state index in [-0.39, 0.29) is 23.8 Å². The highest BCUT2D eigenvalue weighted by molar-refractivity contribution is 6.30. The average Bonchev–Trinajstić information content (AvgIpc) is 2.58. The molecule has 6 heteroatoms. The van der Waals surface area contributed by atoms with Gasteiger partial charge in [-0.2, -0.15) is 0 Å². The Morgan fingerprint density at radius 1 is 1.38 bits per heavy atom. The van der Waals surface area contributed by atoms with Crippen LogP contribution in [0.25, 0.3) is 0 Å². The highest BCUT2D eigenvalue weighted by Crippen LogP contribution is 2.26. The fraction of sp³-hybridized carbons (Fsp3) is 0.278. The largest absolute Gasteiger partial charge is 0.496 e. The van der Waals surface area contributed by atoms with Crippen LogP contribution in [-0.2, 0) is 24.2 Å². The van der Waals surface area contributed by atoms with Gasteiger partial charge in [0.05, 0.1) is 19.2 Å². The first-order valence-electron chi connectivity index (χ1n) is 7.71. The normalized spacial score (nSPS) is 13.3. The van der Waals surface area contributed by atoms with Crippen LogP contribution in [0.5, 0.6) is 5.75 Å². The predicted molar refractivity (Wildman–Crippen MR) is 92.1 cm³/mol. The van der Waals surface area contributed by atoms with Crippen molar-refractivity contribution in [2.45, 2.75) is 19.4 Å². The number of methoxy groups -OCH3 is 1. The zero-order valence-corrected chi connectivity index (χ0v) is 14.0. The smallest absolute Gasteiger partial charge is 0.229 e. The summed E-state index contributed by atoms with van der Waals surface area (Å²) in [6.45, 7) is 1.39. The van der Waals surface area contributed by atoms with Crippen molar-refractivity contribution < 1.29 is 13.9 Å². The highest BCUT2D eigenvalue weighted by Gasteiger charge is 2.18. The van der Waals surface area contributed by atoms with Gasteiger partial charge >= 0.3 is 0 Å². The third kappa shape index (κ3) is 3.52. The molecule has 2 aromatic rings. The van der Waals surface area contributed by atoms with Gasteiger partial charge in [0.25, 0.3) is 0 Å². The standard InChI is InChI=1S/C18H18ClFN2O2/c1-24-16-5-3-13(19)8-12(16)9-17(23)22-15-4-2-11-10-21-7-6-14(11)18(15)20/h2-5,8,21H,6-7,9-10H2,1H3,(H,22,23). The van der Waals surface area contributed by atoms with E-state index >= 15 is 0 Å². The maximum atomic E-state index is 14.6. The second-order valence-corrected chi connectivity index (χ2v) is 6.11. The zero-order chi connectivity index (χ0) is 17.1. The number of carbonyl (C=O) groups is 1. The number of hydrogen-bond acceptors (Lipinski definition) is 3. The Kier molecular flexibility index (Phi) is 5.02. The number of rotatable bonds is 4. The molecule has 1 aliphatic heterocycles. The fourth-order valence-corrected chi connectivity index (χ4v) is 3.08. The molecule has 0 fully saturated rings. The van der Waals surface area contributed by atoms with Crippen molar-refractivity contribution in [2.24, 2.45) is 0 Å². The summed E-state index contributed by atoms with van der Waals surface area (Å²) in [5.41, 5.74) is 2.48. The molecule has 1 aliphatic rings. The molecule has 126 valence electrons. The number of benzene rings is 2. The molecule has 0 aromatic heterocycles. The van der Waals surface area contributed by atoms with Crippen molar-refractivity contribution in [3.63, 3.8) is 0 Å². The second-order valence-electron chi connectivity index (χ2n) is 5.67. The lowest BCUT2D eigenvalue weighted by atomic mass is 9.99. The molecule has 0 saturated heterocycles. The number of ether oxygens (including phenoxy) is 1. The number of hydrogen-bond donors (Lipinski definition) is 2. The maximum absolute atomic E-state index is 14.6. The van der Waals surface area contributed by atoms with Gasteiger partial charge in [0, 0.05) is 17.1 Å².